The number of nitrogens with zero attached hydrogens (tertiary/aromatic N) is 2. The van der Waals surface area contributed by atoms with Crippen LogP contribution >= 0.6 is 0 Å². The molecule has 1 aromatic heterocycles. The van der Waals surface area contributed by atoms with Crippen LogP contribution in [0, 0.1) is 5.92 Å². The van der Waals surface area contributed by atoms with Gasteiger partial charge in [0.15, 0.2) is 0 Å². The Morgan fingerprint density at radius 2 is 2.00 bits per heavy atom. The Kier molecular flexibility index (Phi) is 4.66. The predicted molar refractivity (Wildman–Crippen MR) is 70.9 cm³/mol. The molecular formula is C14H23N3O. The Labute approximate surface area is 109 Å². The zero-order valence-corrected chi connectivity index (χ0v) is 11.1. The highest BCUT2D eigenvalue weighted by Gasteiger charge is 2.31. The van der Waals surface area contributed by atoms with Crippen LogP contribution < -0.4 is 5.32 Å². The van der Waals surface area contributed by atoms with Gasteiger partial charge in [-0.15, -0.1) is 0 Å². The summed E-state index contributed by atoms with van der Waals surface area (Å²) in [7, 11) is 0. The molecule has 0 radical (unpaired) electrons. The summed E-state index contributed by atoms with van der Waals surface area (Å²) in [5, 5.41) is 13.8. The third-order valence-corrected chi connectivity index (χ3v) is 4.01. The standard InChI is InChI=1S/C14H23N3O/c1-2-12-3-5-14(18,6-4-12)10-15-7-13-8-16-11-17-9-13/h8-9,11-12,15,18H,2-7,10H2,1H3. The Balaban J connectivity index is 1.73. The Morgan fingerprint density at radius 3 is 2.61 bits per heavy atom. The maximum atomic E-state index is 10.5. The van der Waals surface area contributed by atoms with Crippen molar-refractivity contribution in [1.29, 1.82) is 0 Å². The number of rotatable bonds is 5. The van der Waals surface area contributed by atoms with Crippen molar-refractivity contribution in [3.05, 3.63) is 24.3 Å². The lowest BCUT2D eigenvalue weighted by Gasteiger charge is -2.36. The number of nitrogens with one attached hydrogen (secondary N) is 1. The van der Waals surface area contributed by atoms with Gasteiger partial charge >= 0.3 is 0 Å². The van der Waals surface area contributed by atoms with Crippen LogP contribution in [0.25, 0.3) is 0 Å². The van der Waals surface area contributed by atoms with Crippen molar-refractivity contribution in [2.45, 2.75) is 51.2 Å². The molecule has 1 aliphatic rings. The Hall–Kier alpha value is -1.00. The van der Waals surface area contributed by atoms with Gasteiger partial charge in [-0.1, -0.05) is 13.3 Å². The van der Waals surface area contributed by atoms with Gasteiger partial charge in [0.05, 0.1) is 5.60 Å². The third kappa shape index (κ3) is 3.75. The lowest BCUT2D eigenvalue weighted by Crippen LogP contribution is -2.43. The number of hydrogen-bond acceptors (Lipinski definition) is 4. The molecule has 4 nitrogen and oxygen atoms in total. The molecule has 1 aromatic rings. The maximum absolute atomic E-state index is 10.5. The minimum atomic E-state index is -0.513. The summed E-state index contributed by atoms with van der Waals surface area (Å²) in [4.78, 5) is 7.95. The van der Waals surface area contributed by atoms with Crippen LogP contribution in [0.3, 0.4) is 0 Å². The minimum Gasteiger partial charge on any atom is -0.389 e. The molecule has 1 saturated carbocycles. The Bertz CT molecular complexity index is 347. The van der Waals surface area contributed by atoms with E-state index in [1.807, 2.05) is 0 Å². The van der Waals surface area contributed by atoms with Crippen LogP contribution in [0.4, 0.5) is 0 Å². The summed E-state index contributed by atoms with van der Waals surface area (Å²) < 4.78 is 0. The van der Waals surface area contributed by atoms with E-state index >= 15 is 0 Å². The second-order valence-electron chi connectivity index (χ2n) is 5.43. The predicted octanol–water partition coefficient (Wildman–Crippen LogP) is 1.90. The average Bonchev–Trinajstić information content (AvgIpc) is 2.41. The van der Waals surface area contributed by atoms with Crippen molar-refractivity contribution in [3.63, 3.8) is 0 Å². The average molecular weight is 249 g/mol. The van der Waals surface area contributed by atoms with Crippen LogP contribution in [-0.4, -0.2) is 27.2 Å². The summed E-state index contributed by atoms with van der Waals surface area (Å²) in [5.74, 6) is 0.813. The second kappa shape index (κ2) is 6.25. The fourth-order valence-electron chi connectivity index (χ4n) is 2.66. The molecular weight excluding hydrogens is 226 g/mol. The van der Waals surface area contributed by atoms with E-state index in [9.17, 15) is 5.11 Å². The molecule has 0 spiro atoms. The highest BCUT2D eigenvalue weighted by molar-refractivity contribution is 5.02. The van der Waals surface area contributed by atoms with Crippen molar-refractivity contribution in [2.75, 3.05) is 6.54 Å². The minimum absolute atomic E-state index is 0.513. The van der Waals surface area contributed by atoms with Crippen LogP contribution in [0.5, 0.6) is 0 Å². The Morgan fingerprint density at radius 1 is 1.33 bits per heavy atom. The topological polar surface area (TPSA) is 58.0 Å². The van der Waals surface area contributed by atoms with Gasteiger partial charge in [-0.3, -0.25) is 0 Å². The van der Waals surface area contributed by atoms with Crippen molar-refractivity contribution >= 4 is 0 Å². The molecule has 0 unspecified atom stereocenters. The zero-order valence-electron chi connectivity index (χ0n) is 11.1. The van der Waals surface area contributed by atoms with Crippen molar-refractivity contribution in [1.82, 2.24) is 15.3 Å². The van der Waals surface area contributed by atoms with Gasteiger partial charge in [0.2, 0.25) is 0 Å². The van der Waals surface area contributed by atoms with Crippen LogP contribution in [0.1, 0.15) is 44.6 Å². The molecule has 0 saturated heterocycles. The first-order valence-corrected chi connectivity index (χ1v) is 6.89. The summed E-state index contributed by atoms with van der Waals surface area (Å²) in [6.07, 6.45) is 10.5. The zero-order chi connectivity index (χ0) is 12.8. The molecule has 0 aromatic carbocycles. The van der Waals surface area contributed by atoms with E-state index in [1.54, 1.807) is 12.4 Å². The van der Waals surface area contributed by atoms with Gasteiger partial charge in [-0.05, 0) is 31.6 Å². The SMILES string of the molecule is CCC1CCC(O)(CNCc2cncnc2)CC1. The quantitative estimate of drug-likeness (QED) is 0.837. The molecule has 1 fully saturated rings. The van der Waals surface area contributed by atoms with Crippen LogP contribution in [-0.2, 0) is 6.54 Å². The first-order chi connectivity index (χ1) is 8.72. The first-order valence-electron chi connectivity index (χ1n) is 6.89. The van der Waals surface area contributed by atoms with Crippen LogP contribution in [0.2, 0.25) is 0 Å². The smallest absolute Gasteiger partial charge is 0.115 e. The highest BCUT2D eigenvalue weighted by atomic mass is 16.3. The number of hydrogen-bond donors (Lipinski definition) is 2. The number of aliphatic hydroxyl groups is 1. The first kappa shape index (κ1) is 13.4. The molecule has 4 heteroatoms. The molecule has 2 N–H and O–H groups in total. The molecule has 0 bridgehead atoms. The van der Waals surface area contributed by atoms with E-state index in [0.29, 0.717) is 6.54 Å². The van der Waals surface area contributed by atoms with Gasteiger partial charge in [-0.2, -0.15) is 0 Å². The molecule has 18 heavy (non-hydrogen) atoms. The fraction of sp³-hybridized carbons (Fsp3) is 0.714. The van der Waals surface area contributed by atoms with Gasteiger partial charge in [0.1, 0.15) is 6.33 Å². The van der Waals surface area contributed by atoms with Crippen molar-refractivity contribution < 1.29 is 5.11 Å². The molecule has 0 aliphatic heterocycles. The van der Waals surface area contributed by atoms with Gasteiger partial charge in [0.25, 0.3) is 0 Å². The molecule has 0 atom stereocenters. The van der Waals surface area contributed by atoms with Gasteiger partial charge < -0.3 is 10.4 Å². The lowest BCUT2D eigenvalue weighted by atomic mass is 9.78. The highest BCUT2D eigenvalue weighted by Crippen LogP contribution is 2.33. The normalized spacial score (nSPS) is 28.2. The van der Waals surface area contributed by atoms with E-state index in [4.69, 9.17) is 0 Å². The van der Waals surface area contributed by atoms with E-state index in [-0.39, 0.29) is 0 Å². The molecule has 1 heterocycles. The summed E-state index contributed by atoms with van der Waals surface area (Å²) in [6, 6.07) is 0. The van der Waals surface area contributed by atoms with E-state index in [0.717, 1.165) is 43.7 Å². The molecule has 1 aliphatic carbocycles. The largest absolute Gasteiger partial charge is 0.389 e. The molecule has 2 rings (SSSR count). The van der Waals surface area contributed by atoms with E-state index < -0.39 is 5.60 Å². The molecule has 0 amide bonds. The van der Waals surface area contributed by atoms with E-state index in [2.05, 4.69) is 22.2 Å². The van der Waals surface area contributed by atoms with Crippen molar-refractivity contribution in [2.24, 2.45) is 5.92 Å². The van der Waals surface area contributed by atoms with Gasteiger partial charge in [0, 0.05) is 31.0 Å². The monoisotopic (exact) mass is 249 g/mol. The van der Waals surface area contributed by atoms with Crippen LogP contribution in [0.15, 0.2) is 18.7 Å². The van der Waals surface area contributed by atoms with Crippen molar-refractivity contribution in [3.8, 4) is 0 Å². The maximum Gasteiger partial charge on any atom is 0.115 e. The fourth-order valence-corrected chi connectivity index (χ4v) is 2.66. The van der Waals surface area contributed by atoms with E-state index in [1.165, 1.54) is 12.7 Å². The summed E-state index contributed by atoms with van der Waals surface area (Å²) >= 11 is 0. The summed E-state index contributed by atoms with van der Waals surface area (Å²) in [6.45, 7) is 3.63. The molecule has 100 valence electrons. The van der Waals surface area contributed by atoms with Gasteiger partial charge in [-0.25, -0.2) is 9.97 Å². The second-order valence-corrected chi connectivity index (χ2v) is 5.43. The third-order valence-electron chi connectivity index (χ3n) is 4.01. The number of aromatic nitrogens is 2. The summed E-state index contributed by atoms with van der Waals surface area (Å²) in [5.41, 5.74) is 0.546. The lowest BCUT2D eigenvalue weighted by molar-refractivity contribution is -0.00882.